The predicted octanol–water partition coefficient (Wildman–Crippen LogP) is 1.70. The van der Waals surface area contributed by atoms with Crippen LogP contribution in [-0.4, -0.2) is 32.8 Å². The Labute approximate surface area is 94.2 Å². The third-order valence-corrected chi connectivity index (χ3v) is 3.56. The van der Waals surface area contributed by atoms with Gasteiger partial charge in [-0.3, -0.25) is 0 Å². The molecule has 2 unspecified atom stereocenters. The van der Waals surface area contributed by atoms with Crippen molar-refractivity contribution in [2.45, 2.75) is 6.04 Å². The maximum atomic E-state index is 13.2. The van der Waals surface area contributed by atoms with Crippen LogP contribution in [0.4, 0.5) is 15.8 Å². The summed E-state index contributed by atoms with van der Waals surface area (Å²) in [6.45, 7) is 2.41. The lowest BCUT2D eigenvalue weighted by atomic mass is 10.0. The molecule has 0 aliphatic carbocycles. The Kier molecular flexibility index (Phi) is 2.24. The largest absolute Gasteiger partial charge is 0.383 e. The Hall–Kier alpha value is -1.29. The summed E-state index contributed by atoms with van der Waals surface area (Å²) in [7, 11) is 2.05. The summed E-state index contributed by atoms with van der Waals surface area (Å²) in [5, 5.41) is 3.31. The van der Waals surface area contributed by atoms with Gasteiger partial charge in [0.1, 0.15) is 5.82 Å². The molecule has 0 radical (unpaired) electrons. The molecule has 4 heteroatoms. The van der Waals surface area contributed by atoms with Crippen LogP contribution in [0.2, 0.25) is 0 Å². The first kappa shape index (κ1) is 9.90. The monoisotopic (exact) mass is 222 g/mol. The summed E-state index contributed by atoms with van der Waals surface area (Å²) < 4.78 is 18.7. The molecule has 3 rings (SSSR count). The Bertz CT molecular complexity index is 410. The third-order valence-electron chi connectivity index (χ3n) is 3.56. The molecule has 16 heavy (non-hydrogen) atoms. The van der Waals surface area contributed by atoms with Crippen LogP contribution in [0.3, 0.4) is 0 Å². The van der Waals surface area contributed by atoms with Gasteiger partial charge in [-0.25, -0.2) is 4.39 Å². The van der Waals surface area contributed by atoms with Crippen LogP contribution in [0.25, 0.3) is 0 Å². The minimum atomic E-state index is -0.192. The van der Waals surface area contributed by atoms with Crippen LogP contribution >= 0.6 is 0 Å². The van der Waals surface area contributed by atoms with E-state index in [0.29, 0.717) is 12.0 Å². The third kappa shape index (κ3) is 1.45. The van der Waals surface area contributed by atoms with Crippen molar-refractivity contribution < 1.29 is 9.13 Å². The number of anilines is 2. The molecule has 2 atom stereocenters. The van der Waals surface area contributed by atoms with Crippen LogP contribution in [-0.2, 0) is 4.74 Å². The molecule has 1 aromatic rings. The van der Waals surface area contributed by atoms with Crippen molar-refractivity contribution in [1.29, 1.82) is 0 Å². The molecule has 3 nitrogen and oxygen atoms in total. The molecule has 2 aliphatic rings. The van der Waals surface area contributed by atoms with E-state index in [1.165, 1.54) is 6.07 Å². The zero-order valence-electron chi connectivity index (χ0n) is 9.24. The van der Waals surface area contributed by atoms with Gasteiger partial charge in [-0.2, -0.15) is 0 Å². The first-order valence-electron chi connectivity index (χ1n) is 5.60. The molecule has 0 spiro atoms. The summed E-state index contributed by atoms with van der Waals surface area (Å²) in [6, 6.07) is 5.30. The number of fused-ring (bicyclic) bond motifs is 2. The molecule has 0 bridgehead atoms. The second kappa shape index (κ2) is 3.63. The fourth-order valence-electron chi connectivity index (χ4n) is 2.59. The van der Waals surface area contributed by atoms with Crippen molar-refractivity contribution in [3.05, 3.63) is 24.0 Å². The summed E-state index contributed by atoms with van der Waals surface area (Å²) in [6.07, 6.45) is 0. The minimum absolute atomic E-state index is 0.192. The standard InChI is InChI=1S/C12H15FN2O/c1-15-11-3-2-9(13)4-10(11)14-5-8-6-16-7-12(8)15/h2-4,8,12,14H,5-7H2,1H3. The quantitative estimate of drug-likeness (QED) is 0.723. The van der Waals surface area contributed by atoms with Crippen molar-refractivity contribution in [2.24, 2.45) is 5.92 Å². The number of benzene rings is 1. The van der Waals surface area contributed by atoms with Crippen molar-refractivity contribution in [3.8, 4) is 0 Å². The average molecular weight is 222 g/mol. The number of hydrogen-bond acceptors (Lipinski definition) is 3. The lowest BCUT2D eigenvalue weighted by Gasteiger charge is -2.27. The molecule has 1 aromatic carbocycles. The number of hydrogen-bond donors (Lipinski definition) is 1. The molecule has 0 saturated carbocycles. The smallest absolute Gasteiger partial charge is 0.125 e. The zero-order chi connectivity index (χ0) is 11.1. The van der Waals surface area contributed by atoms with Crippen molar-refractivity contribution >= 4 is 11.4 Å². The van der Waals surface area contributed by atoms with Crippen LogP contribution in [0.1, 0.15) is 0 Å². The number of halogens is 1. The Morgan fingerprint density at radius 2 is 2.31 bits per heavy atom. The van der Waals surface area contributed by atoms with Crippen molar-refractivity contribution in [3.63, 3.8) is 0 Å². The highest BCUT2D eigenvalue weighted by atomic mass is 19.1. The molecule has 2 heterocycles. The van der Waals surface area contributed by atoms with Crippen LogP contribution in [0.15, 0.2) is 18.2 Å². The van der Waals surface area contributed by atoms with Gasteiger partial charge >= 0.3 is 0 Å². The molecule has 2 aliphatic heterocycles. The lowest BCUT2D eigenvalue weighted by Crippen LogP contribution is -2.37. The molecule has 0 amide bonds. The van der Waals surface area contributed by atoms with Crippen LogP contribution in [0, 0.1) is 11.7 Å². The highest BCUT2D eigenvalue weighted by Crippen LogP contribution is 2.34. The van der Waals surface area contributed by atoms with Gasteiger partial charge in [-0.05, 0) is 18.2 Å². The number of likely N-dealkylation sites (N-methyl/N-ethyl adjacent to an activating group) is 1. The van der Waals surface area contributed by atoms with Gasteiger partial charge in [0.2, 0.25) is 0 Å². The molecule has 0 aromatic heterocycles. The van der Waals surface area contributed by atoms with Gasteiger partial charge in [-0.15, -0.1) is 0 Å². The highest BCUT2D eigenvalue weighted by Gasteiger charge is 2.34. The van der Waals surface area contributed by atoms with Crippen molar-refractivity contribution in [2.75, 3.05) is 37.0 Å². The molecular formula is C12H15FN2O. The van der Waals surface area contributed by atoms with Crippen molar-refractivity contribution in [1.82, 2.24) is 0 Å². The minimum Gasteiger partial charge on any atom is -0.383 e. The summed E-state index contributed by atoms with van der Waals surface area (Å²) in [5.74, 6) is 0.295. The maximum absolute atomic E-state index is 13.2. The van der Waals surface area contributed by atoms with Gasteiger partial charge < -0.3 is 15.0 Å². The van der Waals surface area contributed by atoms with Gasteiger partial charge in [0.15, 0.2) is 0 Å². The molecule has 1 fully saturated rings. The number of ether oxygens (including phenoxy) is 1. The molecule has 1 saturated heterocycles. The fraction of sp³-hybridized carbons (Fsp3) is 0.500. The van der Waals surface area contributed by atoms with E-state index in [1.807, 2.05) is 6.07 Å². The van der Waals surface area contributed by atoms with E-state index in [4.69, 9.17) is 4.74 Å². The zero-order valence-corrected chi connectivity index (χ0v) is 9.24. The summed E-state index contributed by atoms with van der Waals surface area (Å²) >= 11 is 0. The molecule has 86 valence electrons. The fourth-order valence-corrected chi connectivity index (χ4v) is 2.59. The second-order valence-corrected chi connectivity index (χ2v) is 4.52. The summed E-state index contributed by atoms with van der Waals surface area (Å²) in [5.41, 5.74) is 1.94. The van der Waals surface area contributed by atoms with Gasteiger partial charge in [0.25, 0.3) is 0 Å². The highest BCUT2D eigenvalue weighted by molar-refractivity contribution is 5.71. The lowest BCUT2D eigenvalue weighted by molar-refractivity contribution is 0.185. The van der Waals surface area contributed by atoms with E-state index >= 15 is 0 Å². The van der Waals surface area contributed by atoms with Gasteiger partial charge in [-0.1, -0.05) is 0 Å². The maximum Gasteiger partial charge on any atom is 0.125 e. The number of nitrogens with one attached hydrogen (secondary N) is 1. The normalized spacial score (nSPS) is 28.0. The van der Waals surface area contributed by atoms with E-state index in [-0.39, 0.29) is 5.82 Å². The van der Waals surface area contributed by atoms with Gasteiger partial charge in [0.05, 0.1) is 30.6 Å². The van der Waals surface area contributed by atoms with Crippen LogP contribution in [0.5, 0.6) is 0 Å². The molecular weight excluding hydrogens is 207 g/mol. The Balaban J connectivity index is 2.01. The SMILES string of the molecule is CN1c2ccc(F)cc2NCC2COCC21. The van der Waals surface area contributed by atoms with E-state index < -0.39 is 0 Å². The second-order valence-electron chi connectivity index (χ2n) is 4.52. The Morgan fingerprint density at radius 3 is 3.19 bits per heavy atom. The van der Waals surface area contributed by atoms with E-state index in [0.717, 1.165) is 31.1 Å². The molecule has 1 N–H and O–H groups in total. The number of rotatable bonds is 0. The average Bonchev–Trinajstić information content (AvgIpc) is 2.69. The number of nitrogens with zero attached hydrogens (tertiary/aromatic N) is 1. The van der Waals surface area contributed by atoms with E-state index in [1.54, 1.807) is 6.07 Å². The topological polar surface area (TPSA) is 24.5 Å². The van der Waals surface area contributed by atoms with Crippen LogP contribution < -0.4 is 10.2 Å². The summed E-state index contributed by atoms with van der Waals surface area (Å²) in [4.78, 5) is 2.20. The first-order chi connectivity index (χ1) is 7.75. The van der Waals surface area contributed by atoms with Gasteiger partial charge in [0, 0.05) is 19.5 Å². The first-order valence-corrected chi connectivity index (χ1v) is 5.60. The predicted molar refractivity (Wildman–Crippen MR) is 61.4 cm³/mol. The Morgan fingerprint density at radius 1 is 1.44 bits per heavy atom. The van der Waals surface area contributed by atoms with E-state index in [2.05, 4.69) is 17.3 Å². The van der Waals surface area contributed by atoms with E-state index in [9.17, 15) is 4.39 Å².